The van der Waals surface area contributed by atoms with Gasteiger partial charge in [-0.3, -0.25) is 9.80 Å². The minimum absolute atomic E-state index is 0.0193. The fourth-order valence-corrected chi connectivity index (χ4v) is 5.04. The standard InChI is InChI=1S/C24H24N6OS/c1-15-2-6-22-20(8-15)21(28-32-22)10-25-24(31)18-9-26-30(12-18)14-19-13-29-11-17(16-3-4-16)5-7-23(29)27-19/h2,5-9,11,13,16,18H,3-4,10,12,14H2,1H3,(H,25,31). The molecule has 1 aliphatic carbocycles. The van der Waals surface area contributed by atoms with E-state index in [0.717, 1.165) is 33.0 Å². The topological polar surface area (TPSA) is 74.9 Å². The van der Waals surface area contributed by atoms with Crippen LogP contribution in [0.15, 0.2) is 47.8 Å². The predicted molar refractivity (Wildman–Crippen MR) is 126 cm³/mol. The molecule has 32 heavy (non-hydrogen) atoms. The molecule has 4 aromatic rings. The average molecular weight is 445 g/mol. The zero-order valence-corrected chi connectivity index (χ0v) is 18.7. The van der Waals surface area contributed by atoms with E-state index >= 15 is 0 Å². The van der Waals surface area contributed by atoms with Gasteiger partial charge in [-0.15, -0.1) is 0 Å². The lowest BCUT2D eigenvalue weighted by Crippen LogP contribution is -2.34. The maximum Gasteiger partial charge on any atom is 0.230 e. The number of hydrogen-bond acceptors (Lipinski definition) is 6. The summed E-state index contributed by atoms with van der Waals surface area (Å²) in [5, 5.41) is 10.5. The van der Waals surface area contributed by atoms with Gasteiger partial charge in [-0.1, -0.05) is 17.7 Å². The SMILES string of the molecule is Cc1ccc2snc(CNC(=O)C3C=NN(Cc4cn5cc(C6CC6)ccc5n4)C3)c2c1. The van der Waals surface area contributed by atoms with E-state index < -0.39 is 0 Å². The summed E-state index contributed by atoms with van der Waals surface area (Å²) in [7, 11) is 0. The minimum atomic E-state index is -0.264. The molecule has 1 saturated carbocycles. The molecule has 1 amide bonds. The van der Waals surface area contributed by atoms with Crippen molar-refractivity contribution >= 4 is 39.4 Å². The van der Waals surface area contributed by atoms with Crippen LogP contribution in [0.1, 0.15) is 41.3 Å². The van der Waals surface area contributed by atoms with E-state index in [1.54, 1.807) is 6.21 Å². The highest BCUT2D eigenvalue weighted by atomic mass is 32.1. The summed E-state index contributed by atoms with van der Waals surface area (Å²) in [5.41, 5.74) is 5.41. The van der Waals surface area contributed by atoms with Crippen molar-refractivity contribution in [2.75, 3.05) is 6.54 Å². The number of aryl methyl sites for hydroxylation is 1. The van der Waals surface area contributed by atoms with E-state index in [4.69, 9.17) is 4.98 Å². The third kappa shape index (κ3) is 3.75. The van der Waals surface area contributed by atoms with Crippen LogP contribution in [0.5, 0.6) is 0 Å². The third-order valence-electron chi connectivity index (χ3n) is 6.20. The molecule has 7 nitrogen and oxygen atoms in total. The third-order valence-corrected chi connectivity index (χ3v) is 7.07. The van der Waals surface area contributed by atoms with Crippen LogP contribution in [0.4, 0.5) is 0 Å². The second kappa shape index (κ2) is 7.70. The molecule has 8 heteroatoms. The van der Waals surface area contributed by atoms with Crippen molar-refractivity contribution < 1.29 is 4.79 Å². The first-order valence-electron chi connectivity index (χ1n) is 11.0. The molecule has 0 radical (unpaired) electrons. The van der Waals surface area contributed by atoms with E-state index in [1.165, 1.54) is 35.5 Å². The first-order valence-corrected chi connectivity index (χ1v) is 11.8. The monoisotopic (exact) mass is 444 g/mol. The Labute approximate surface area is 189 Å². The van der Waals surface area contributed by atoms with Crippen molar-refractivity contribution in [3.8, 4) is 0 Å². The van der Waals surface area contributed by atoms with Gasteiger partial charge in [0.1, 0.15) is 5.65 Å². The van der Waals surface area contributed by atoms with E-state index in [1.807, 2.05) is 5.01 Å². The molecule has 6 rings (SSSR count). The average Bonchev–Trinajstić information content (AvgIpc) is 3.21. The van der Waals surface area contributed by atoms with E-state index in [9.17, 15) is 4.79 Å². The molecule has 0 bridgehead atoms. The summed E-state index contributed by atoms with van der Waals surface area (Å²) in [4.78, 5) is 17.4. The Bertz CT molecular complexity index is 1350. The van der Waals surface area contributed by atoms with Gasteiger partial charge in [0.2, 0.25) is 5.91 Å². The summed E-state index contributed by atoms with van der Waals surface area (Å²) in [5.74, 6) is 0.438. The van der Waals surface area contributed by atoms with Crippen LogP contribution in [0.25, 0.3) is 15.7 Å². The van der Waals surface area contributed by atoms with Gasteiger partial charge in [0.15, 0.2) is 0 Å². The number of imidazole rings is 1. The normalized spacial score (nSPS) is 18.2. The molecular formula is C24H24N6OS. The van der Waals surface area contributed by atoms with Crippen molar-refractivity contribution in [3.63, 3.8) is 0 Å². The number of hydrogen-bond donors (Lipinski definition) is 1. The molecule has 0 saturated heterocycles. The Hall–Kier alpha value is -3.26. The highest BCUT2D eigenvalue weighted by Gasteiger charge is 2.26. The van der Waals surface area contributed by atoms with Crippen LogP contribution >= 0.6 is 11.5 Å². The van der Waals surface area contributed by atoms with Crippen molar-refractivity contribution in [2.24, 2.45) is 11.0 Å². The van der Waals surface area contributed by atoms with Crippen LogP contribution in [-0.2, 0) is 17.9 Å². The van der Waals surface area contributed by atoms with Gasteiger partial charge in [0.25, 0.3) is 0 Å². The number of hydrazone groups is 1. The van der Waals surface area contributed by atoms with Crippen LogP contribution in [-0.4, -0.2) is 37.4 Å². The van der Waals surface area contributed by atoms with E-state index in [0.29, 0.717) is 19.6 Å². The molecule has 1 fully saturated rings. The van der Waals surface area contributed by atoms with Crippen LogP contribution in [0.2, 0.25) is 0 Å². The fraction of sp³-hybridized carbons (Fsp3) is 0.333. The number of nitrogens with zero attached hydrogens (tertiary/aromatic N) is 5. The zero-order chi connectivity index (χ0) is 21.7. The Morgan fingerprint density at radius 2 is 2.12 bits per heavy atom. The molecule has 1 aliphatic heterocycles. The number of benzene rings is 1. The number of carbonyl (C=O) groups is 1. The van der Waals surface area contributed by atoms with E-state index in [2.05, 4.69) is 68.8 Å². The van der Waals surface area contributed by atoms with Gasteiger partial charge in [-0.05, 0) is 61.0 Å². The maximum atomic E-state index is 12.7. The number of amides is 1. The number of rotatable bonds is 6. The van der Waals surface area contributed by atoms with Gasteiger partial charge in [0.05, 0.1) is 41.6 Å². The molecule has 1 N–H and O–H groups in total. The summed E-state index contributed by atoms with van der Waals surface area (Å²) in [6.07, 6.45) is 8.57. The van der Waals surface area contributed by atoms with Gasteiger partial charge >= 0.3 is 0 Å². The van der Waals surface area contributed by atoms with Crippen LogP contribution in [0.3, 0.4) is 0 Å². The maximum absolute atomic E-state index is 12.7. The molecule has 3 aromatic heterocycles. The predicted octanol–water partition coefficient (Wildman–Crippen LogP) is 3.86. The van der Waals surface area contributed by atoms with Crippen molar-refractivity contribution in [1.29, 1.82) is 0 Å². The van der Waals surface area contributed by atoms with Gasteiger partial charge < -0.3 is 9.72 Å². The summed E-state index contributed by atoms with van der Waals surface area (Å²) >= 11 is 1.47. The van der Waals surface area contributed by atoms with Crippen LogP contribution in [0, 0.1) is 12.8 Å². The second-order valence-electron chi connectivity index (χ2n) is 8.80. The molecule has 162 valence electrons. The van der Waals surface area contributed by atoms with Gasteiger partial charge in [-0.2, -0.15) is 9.47 Å². The minimum Gasteiger partial charge on any atom is -0.350 e. The second-order valence-corrected chi connectivity index (χ2v) is 9.60. The van der Waals surface area contributed by atoms with E-state index in [-0.39, 0.29) is 11.8 Å². The first-order chi connectivity index (χ1) is 15.6. The fourth-order valence-electron chi connectivity index (χ4n) is 4.27. The van der Waals surface area contributed by atoms with Gasteiger partial charge in [0, 0.05) is 24.0 Å². The Morgan fingerprint density at radius 1 is 1.22 bits per heavy atom. The Morgan fingerprint density at radius 3 is 3.00 bits per heavy atom. The molecular weight excluding hydrogens is 420 g/mol. The quantitative estimate of drug-likeness (QED) is 0.490. The number of pyridine rings is 1. The first kappa shape index (κ1) is 19.4. The number of aromatic nitrogens is 3. The molecule has 0 spiro atoms. The molecule has 2 aliphatic rings. The van der Waals surface area contributed by atoms with Crippen LogP contribution < -0.4 is 5.32 Å². The van der Waals surface area contributed by atoms with Gasteiger partial charge in [-0.25, -0.2) is 4.98 Å². The lowest BCUT2D eigenvalue weighted by molar-refractivity contribution is -0.123. The van der Waals surface area contributed by atoms with Crippen molar-refractivity contribution in [2.45, 2.75) is 38.8 Å². The smallest absolute Gasteiger partial charge is 0.230 e. The molecule has 1 atom stereocenters. The Balaban J connectivity index is 1.07. The number of nitrogens with one attached hydrogen (secondary N) is 1. The highest BCUT2D eigenvalue weighted by molar-refractivity contribution is 7.13. The number of carbonyl (C=O) groups excluding carboxylic acids is 1. The molecule has 4 heterocycles. The lowest BCUT2D eigenvalue weighted by atomic mass is 10.1. The highest BCUT2D eigenvalue weighted by Crippen LogP contribution is 2.39. The molecule has 1 unspecified atom stereocenters. The van der Waals surface area contributed by atoms with Crippen molar-refractivity contribution in [1.82, 2.24) is 24.1 Å². The lowest BCUT2D eigenvalue weighted by Gasteiger charge is -2.14. The largest absolute Gasteiger partial charge is 0.350 e. The zero-order valence-electron chi connectivity index (χ0n) is 17.9. The summed E-state index contributed by atoms with van der Waals surface area (Å²) < 4.78 is 7.77. The van der Waals surface area contributed by atoms with Crippen molar-refractivity contribution in [3.05, 3.63) is 65.2 Å². The summed E-state index contributed by atoms with van der Waals surface area (Å²) in [6.45, 7) is 3.65. The summed E-state index contributed by atoms with van der Waals surface area (Å²) in [6, 6.07) is 10.6. The number of fused-ring (bicyclic) bond motifs is 2. The molecule has 1 aromatic carbocycles. The Kier molecular flexibility index (Phi) is 4.68.